The molecule has 1 N–H and O–H groups in total. The molecule has 1 aromatic carbocycles. The molecular weight excluding hydrogens is 252 g/mol. The summed E-state index contributed by atoms with van der Waals surface area (Å²) in [6, 6.07) is 6.22. The van der Waals surface area contributed by atoms with Gasteiger partial charge in [0.1, 0.15) is 0 Å². The first-order valence-corrected chi connectivity index (χ1v) is 7.02. The molecule has 0 radical (unpaired) electrons. The van der Waals surface area contributed by atoms with Gasteiger partial charge in [-0.2, -0.15) is 0 Å². The van der Waals surface area contributed by atoms with E-state index in [0.29, 0.717) is 5.69 Å². The van der Waals surface area contributed by atoms with Crippen LogP contribution in [0.3, 0.4) is 0 Å². The molecule has 0 spiro atoms. The Morgan fingerprint density at radius 3 is 2.39 bits per heavy atom. The number of rotatable bonds is 4. The van der Waals surface area contributed by atoms with Crippen molar-refractivity contribution < 1.29 is 13.2 Å². The number of carbonyl (C=O) groups is 1. The molecule has 6 heteroatoms. The molecule has 0 unspecified atom stereocenters. The van der Waals surface area contributed by atoms with Crippen LogP contribution in [0.5, 0.6) is 0 Å². The van der Waals surface area contributed by atoms with Crippen LogP contribution < -0.4 is 5.32 Å². The van der Waals surface area contributed by atoms with Crippen LogP contribution in [0.4, 0.5) is 5.69 Å². The summed E-state index contributed by atoms with van der Waals surface area (Å²) < 4.78 is 25.0. The largest absolute Gasteiger partial charge is 0.326 e. The minimum absolute atomic E-state index is 0.144. The molecule has 0 bridgehead atoms. The second kappa shape index (κ2) is 5.49. The van der Waals surface area contributed by atoms with Crippen LogP contribution in [-0.4, -0.2) is 32.7 Å². The van der Waals surface area contributed by atoms with E-state index in [9.17, 15) is 13.2 Å². The Kier molecular flexibility index (Phi) is 4.48. The molecule has 5 nitrogen and oxygen atoms in total. The summed E-state index contributed by atoms with van der Waals surface area (Å²) in [5.74, 6) is -0.298. The molecule has 0 atom stereocenters. The van der Waals surface area contributed by atoms with E-state index in [1.807, 2.05) is 0 Å². The molecule has 0 heterocycles. The van der Waals surface area contributed by atoms with Gasteiger partial charge in [-0.15, -0.1) is 0 Å². The fraction of sp³-hybridized carbons (Fsp3) is 0.417. The predicted octanol–water partition coefficient (Wildman–Crippen LogP) is 1.53. The van der Waals surface area contributed by atoms with Crippen LogP contribution in [0.2, 0.25) is 0 Å². The van der Waals surface area contributed by atoms with Crippen molar-refractivity contribution in [3.63, 3.8) is 0 Å². The lowest BCUT2D eigenvalue weighted by atomic mass is 10.2. The van der Waals surface area contributed by atoms with E-state index < -0.39 is 10.0 Å². The highest BCUT2D eigenvalue weighted by molar-refractivity contribution is 7.89. The van der Waals surface area contributed by atoms with Gasteiger partial charge in [-0.05, 0) is 18.2 Å². The third kappa shape index (κ3) is 3.30. The van der Waals surface area contributed by atoms with Crippen LogP contribution in [0.25, 0.3) is 0 Å². The highest BCUT2D eigenvalue weighted by Crippen LogP contribution is 2.18. The van der Waals surface area contributed by atoms with Gasteiger partial charge in [-0.25, -0.2) is 12.7 Å². The fourth-order valence-corrected chi connectivity index (χ4v) is 2.18. The van der Waals surface area contributed by atoms with E-state index in [4.69, 9.17) is 0 Å². The maximum Gasteiger partial charge on any atom is 0.242 e. The lowest BCUT2D eigenvalue weighted by molar-refractivity contribution is -0.118. The van der Waals surface area contributed by atoms with Crippen molar-refractivity contribution in [3.05, 3.63) is 24.3 Å². The van der Waals surface area contributed by atoms with Crippen LogP contribution in [-0.2, 0) is 14.8 Å². The van der Waals surface area contributed by atoms with Crippen molar-refractivity contribution in [3.8, 4) is 0 Å². The third-order valence-corrected chi connectivity index (χ3v) is 4.22. The van der Waals surface area contributed by atoms with Gasteiger partial charge in [0, 0.05) is 25.7 Å². The average molecular weight is 270 g/mol. The topological polar surface area (TPSA) is 66.5 Å². The number of sulfonamides is 1. The van der Waals surface area contributed by atoms with E-state index in [1.54, 1.807) is 26.0 Å². The number of benzene rings is 1. The Hall–Kier alpha value is -1.40. The molecule has 0 aliphatic heterocycles. The Bertz CT molecular complexity index is 536. The SMILES string of the molecule is CC(C)C(=O)Nc1cccc(S(=O)(=O)N(C)C)c1. The van der Waals surface area contributed by atoms with Gasteiger partial charge in [-0.3, -0.25) is 4.79 Å². The molecule has 0 saturated heterocycles. The Balaban J connectivity index is 3.04. The monoisotopic (exact) mass is 270 g/mol. The number of carbonyl (C=O) groups excluding carboxylic acids is 1. The minimum Gasteiger partial charge on any atom is -0.326 e. The van der Waals surface area contributed by atoms with E-state index in [1.165, 1.54) is 26.2 Å². The molecule has 1 aromatic rings. The van der Waals surface area contributed by atoms with Crippen molar-refractivity contribution in [2.75, 3.05) is 19.4 Å². The smallest absolute Gasteiger partial charge is 0.242 e. The molecule has 0 aromatic heterocycles. The van der Waals surface area contributed by atoms with Crippen molar-refractivity contribution in [2.45, 2.75) is 18.7 Å². The second-order valence-corrected chi connectivity index (χ2v) is 6.61. The summed E-state index contributed by atoms with van der Waals surface area (Å²) >= 11 is 0. The summed E-state index contributed by atoms with van der Waals surface area (Å²) in [5.41, 5.74) is 0.483. The molecule has 0 aliphatic carbocycles. The second-order valence-electron chi connectivity index (χ2n) is 4.46. The van der Waals surface area contributed by atoms with Gasteiger partial charge in [0.2, 0.25) is 15.9 Å². The normalized spacial score (nSPS) is 11.9. The number of nitrogens with zero attached hydrogens (tertiary/aromatic N) is 1. The van der Waals surface area contributed by atoms with Gasteiger partial charge in [-0.1, -0.05) is 19.9 Å². The van der Waals surface area contributed by atoms with Gasteiger partial charge < -0.3 is 5.32 Å². The average Bonchev–Trinajstić information content (AvgIpc) is 2.28. The van der Waals surface area contributed by atoms with E-state index >= 15 is 0 Å². The van der Waals surface area contributed by atoms with E-state index in [-0.39, 0.29) is 16.7 Å². The van der Waals surface area contributed by atoms with Gasteiger partial charge in [0.25, 0.3) is 0 Å². The zero-order valence-corrected chi connectivity index (χ0v) is 11.8. The molecular formula is C12H18N2O3S. The number of nitrogens with one attached hydrogen (secondary N) is 1. The highest BCUT2D eigenvalue weighted by atomic mass is 32.2. The quantitative estimate of drug-likeness (QED) is 0.902. The molecule has 0 fully saturated rings. The Morgan fingerprint density at radius 1 is 1.28 bits per heavy atom. The third-order valence-electron chi connectivity index (χ3n) is 2.40. The summed E-state index contributed by atoms with van der Waals surface area (Å²) in [4.78, 5) is 11.7. The molecule has 100 valence electrons. The van der Waals surface area contributed by atoms with E-state index in [0.717, 1.165) is 4.31 Å². The first-order valence-electron chi connectivity index (χ1n) is 5.58. The summed E-state index contributed by atoms with van der Waals surface area (Å²) in [7, 11) is -0.539. The number of hydrogen-bond donors (Lipinski definition) is 1. The van der Waals surface area contributed by atoms with Crippen LogP contribution in [0.15, 0.2) is 29.2 Å². The molecule has 18 heavy (non-hydrogen) atoms. The standard InChI is InChI=1S/C12H18N2O3S/c1-9(2)12(15)13-10-6-5-7-11(8-10)18(16,17)14(3)4/h5-9H,1-4H3,(H,13,15). The highest BCUT2D eigenvalue weighted by Gasteiger charge is 2.17. The zero-order chi connectivity index (χ0) is 13.9. The van der Waals surface area contributed by atoms with E-state index in [2.05, 4.69) is 5.32 Å². The zero-order valence-electron chi connectivity index (χ0n) is 11.0. The maximum atomic E-state index is 11.9. The van der Waals surface area contributed by atoms with Gasteiger partial charge in [0.05, 0.1) is 4.90 Å². The van der Waals surface area contributed by atoms with Crippen LogP contribution in [0, 0.1) is 5.92 Å². The summed E-state index contributed by atoms with van der Waals surface area (Å²) in [6.07, 6.45) is 0. The minimum atomic E-state index is -3.47. The molecule has 1 amide bonds. The Labute approximate surface area is 108 Å². The fourth-order valence-electron chi connectivity index (χ4n) is 1.23. The van der Waals surface area contributed by atoms with Crippen molar-refractivity contribution in [2.24, 2.45) is 5.92 Å². The number of hydrogen-bond acceptors (Lipinski definition) is 3. The lowest BCUT2D eigenvalue weighted by Crippen LogP contribution is -2.22. The van der Waals surface area contributed by atoms with Crippen LogP contribution in [0.1, 0.15) is 13.8 Å². The number of anilines is 1. The van der Waals surface area contributed by atoms with Crippen molar-refractivity contribution in [1.29, 1.82) is 0 Å². The maximum absolute atomic E-state index is 11.9. The van der Waals surface area contributed by atoms with Gasteiger partial charge in [0.15, 0.2) is 0 Å². The molecule has 1 rings (SSSR count). The summed E-state index contributed by atoms with van der Waals surface area (Å²) in [6.45, 7) is 3.55. The summed E-state index contributed by atoms with van der Waals surface area (Å²) in [5, 5.41) is 2.67. The van der Waals surface area contributed by atoms with Crippen molar-refractivity contribution in [1.82, 2.24) is 4.31 Å². The molecule has 0 saturated carbocycles. The number of amides is 1. The first kappa shape index (κ1) is 14.7. The lowest BCUT2D eigenvalue weighted by Gasteiger charge is -2.13. The van der Waals surface area contributed by atoms with Crippen LogP contribution >= 0.6 is 0 Å². The molecule has 0 aliphatic rings. The first-order chi connectivity index (χ1) is 8.25. The van der Waals surface area contributed by atoms with Gasteiger partial charge >= 0.3 is 0 Å². The van der Waals surface area contributed by atoms with Crippen molar-refractivity contribution >= 4 is 21.6 Å². The predicted molar refractivity (Wildman–Crippen MR) is 70.8 cm³/mol. The Morgan fingerprint density at radius 2 is 1.89 bits per heavy atom.